The van der Waals surface area contributed by atoms with Crippen LogP contribution in [-0.2, 0) is 16.0 Å². The first kappa shape index (κ1) is 21.4. The molecule has 0 fully saturated rings. The molecule has 1 N–H and O–H groups in total. The van der Waals surface area contributed by atoms with Gasteiger partial charge < -0.3 is 24.4 Å². The van der Waals surface area contributed by atoms with Crippen LogP contribution in [0.1, 0.15) is 16.7 Å². The molecule has 0 aliphatic carbocycles. The van der Waals surface area contributed by atoms with Crippen molar-refractivity contribution >= 4 is 34.4 Å². The third-order valence-electron chi connectivity index (χ3n) is 4.65. The van der Waals surface area contributed by atoms with Crippen molar-refractivity contribution in [3.63, 3.8) is 0 Å². The molecule has 0 aliphatic rings. The summed E-state index contributed by atoms with van der Waals surface area (Å²) in [5, 5.41) is 15.1. The second-order valence-corrected chi connectivity index (χ2v) is 7.31. The lowest BCUT2D eigenvalue weighted by Crippen LogP contribution is -2.50. The maximum Gasteiger partial charge on any atom is 0.336 e. The van der Waals surface area contributed by atoms with Crippen molar-refractivity contribution in [1.82, 2.24) is 5.32 Å². The van der Waals surface area contributed by atoms with Crippen molar-refractivity contribution in [3.8, 4) is 5.75 Å². The van der Waals surface area contributed by atoms with Gasteiger partial charge in [-0.3, -0.25) is 4.79 Å². The molecule has 0 bridgehead atoms. The number of benzene rings is 2. The molecule has 1 heterocycles. The topological polar surface area (TPSA) is 109 Å². The zero-order valence-electron chi connectivity index (χ0n) is 16.4. The summed E-state index contributed by atoms with van der Waals surface area (Å²) in [5.74, 6) is -1.67. The first-order valence-electron chi connectivity index (χ1n) is 9.16. The van der Waals surface area contributed by atoms with E-state index < -0.39 is 30.2 Å². The Bertz CT molecular complexity index is 1150. The molecular formula is C22H19ClNO6-. The van der Waals surface area contributed by atoms with Crippen molar-refractivity contribution in [2.24, 2.45) is 0 Å². The molecule has 0 saturated heterocycles. The Morgan fingerprint density at radius 3 is 2.53 bits per heavy atom. The van der Waals surface area contributed by atoms with Crippen molar-refractivity contribution in [2.75, 3.05) is 6.61 Å². The molecule has 30 heavy (non-hydrogen) atoms. The van der Waals surface area contributed by atoms with Crippen LogP contribution in [0.5, 0.6) is 5.75 Å². The molecule has 3 aromatic rings. The number of nitrogens with one attached hydrogen (secondary N) is 1. The van der Waals surface area contributed by atoms with Crippen LogP contribution in [-0.4, -0.2) is 24.5 Å². The highest BCUT2D eigenvalue weighted by Gasteiger charge is 2.16. The van der Waals surface area contributed by atoms with E-state index in [9.17, 15) is 19.5 Å². The summed E-state index contributed by atoms with van der Waals surface area (Å²) in [7, 11) is 0. The molecule has 0 radical (unpaired) electrons. The normalized spacial score (nSPS) is 11.8. The standard InChI is InChI=1S/C22H20ClNO6/c1-12-9-20(26)30-21-13(2)18(8-7-16(12)21)29-11-19(25)24-17(22(27)28)10-14-3-5-15(23)6-4-14/h3-9,17H,10-11H2,1-2H3,(H,24,25)(H,27,28)/p-1/t17-/m1/s1. The predicted molar refractivity (Wildman–Crippen MR) is 110 cm³/mol. The molecule has 2 aromatic carbocycles. The number of aryl methyl sites for hydroxylation is 2. The molecule has 156 valence electrons. The molecule has 7 nitrogen and oxygen atoms in total. The van der Waals surface area contributed by atoms with E-state index in [-0.39, 0.29) is 6.42 Å². The van der Waals surface area contributed by atoms with Gasteiger partial charge in [-0.1, -0.05) is 23.7 Å². The number of carboxylic acids is 1. The zero-order valence-corrected chi connectivity index (χ0v) is 17.1. The second kappa shape index (κ2) is 9.00. The number of rotatable bonds is 7. The van der Waals surface area contributed by atoms with Gasteiger partial charge in [0.05, 0.1) is 12.0 Å². The number of hydrogen-bond donors (Lipinski definition) is 1. The van der Waals surface area contributed by atoms with Crippen LogP contribution in [0.25, 0.3) is 11.0 Å². The molecule has 1 aromatic heterocycles. The number of ether oxygens (including phenoxy) is 1. The lowest BCUT2D eigenvalue weighted by atomic mass is 10.1. The smallest absolute Gasteiger partial charge is 0.336 e. The fourth-order valence-corrected chi connectivity index (χ4v) is 3.21. The summed E-state index contributed by atoms with van der Waals surface area (Å²) >= 11 is 5.82. The van der Waals surface area contributed by atoms with E-state index >= 15 is 0 Å². The molecule has 3 rings (SSSR count). The number of halogens is 1. The van der Waals surface area contributed by atoms with Gasteiger partial charge in [-0.05, 0) is 55.7 Å². The Hall–Kier alpha value is -3.32. The Kier molecular flexibility index (Phi) is 6.42. The average Bonchev–Trinajstić information content (AvgIpc) is 2.69. The van der Waals surface area contributed by atoms with E-state index in [2.05, 4.69) is 5.32 Å². The number of carboxylic acid groups (broad SMARTS) is 1. The third kappa shape index (κ3) is 4.99. The van der Waals surface area contributed by atoms with Crippen LogP contribution in [0.4, 0.5) is 0 Å². The summed E-state index contributed by atoms with van der Waals surface area (Å²) in [6.07, 6.45) is 0.0463. The number of amides is 1. The van der Waals surface area contributed by atoms with E-state index in [1.54, 1.807) is 50.2 Å². The molecule has 1 amide bonds. The quantitative estimate of drug-likeness (QED) is 0.576. The van der Waals surface area contributed by atoms with Gasteiger partial charge in [0.15, 0.2) is 6.61 Å². The third-order valence-corrected chi connectivity index (χ3v) is 4.90. The van der Waals surface area contributed by atoms with Gasteiger partial charge >= 0.3 is 5.63 Å². The van der Waals surface area contributed by atoms with Gasteiger partial charge in [0.2, 0.25) is 0 Å². The van der Waals surface area contributed by atoms with Gasteiger partial charge in [-0.25, -0.2) is 4.79 Å². The van der Waals surface area contributed by atoms with Crippen LogP contribution in [0.3, 0.4) is 0 Å². The number of carbonyl (C=O) groups excluding carboxylic acids is 2. The molecule has 8 heteroatoms. The molecule has 1 atom stereocenters. The van der Waals surface area contributed by atoms with Crippen LogP contribution in [0, 0.1) is 13.8 Å². The maximum atomic E-state index is 12.2. The van der Waals surface area contributed by atoms with Crippen LogP contribution in [0.2, 0.25) is 5.02 Å². The molecular weight excluding hydrogens is 410 g/mol. The summed E-state index contributed by atoms with van der Waals surface area (Å²) < 4.78 is 10.8. The number of carbonyl (C=O) groups is 2. The summed E-state index contributed by atoms with van der Waals surface area (Å²) in [5.41, 5.74) is 1.93. The number of hydrogen-bond acceptors (Lipinski definition) is 6. The van der Waals surface area contributed by atoms with E-state index in [1.165, 1.54) is 6.07 Å². The minimum Gasteiger partial charge on any atom is -0.548 e. The Morgan fingerprint density at radius 1 is 1.17 bits per heavy atom. The van der Waals surface area contributed by atoms with Crippen molar-refractivity contribution in [3.05, 3.63) is 74.6 Å². The summed E-state index contributed by atoms with van der Waals surface area (Å²) in [4.78, 5) is 35.3. The van der Waals surface area contributed by atoms with Crippen LogP contribution < -0.4 is 20.8 Å². The van der Waals surface area contributed by atoms with Crippen molar-refractivity contribution in [1.29, 1.82) is 0 Å². The lowest BCUT2D eigenvalue weighted by Gasteiger charge is -2.20. The summed E-state index contributed by atoms with van der Waals surface area (Å²) in [6.45, 7) is 3.10. The molecule has 0 aliphatic heterocycles. The van der Waals surface area contributed by atoms with Gasteiger partial charge in [-0.15, -0.1) is 0 Å². The fraction of sp³-hybridized carbons (Fsp3) is 0.227. The Balaban J connectivity index is 1.68. The van der Waals surface area contributed by atoms with E-state index in [4.69, 9.17) is 20.8 Å². The van der Waals surface area contributed by atoms with Crippen molar-refractivity contribution < 1.29 is 23.8 Å². The summed E-state index contributed by atoms with van der Waals surface area (Å²) in [6, 6.07) is 10.2. The monoisotopic (exact) mass is 428 g/mol. The Labute approximate surface area is 177 Å². The van der Waals surface area contributed by atoms with Gasteiger partial charge in [0.1, 0.15) is 11.3 Å². The molecule has 0 unspecified atom stereocenters. The highest BCUT2D eigenvalue weighted by atomic mass is 35.5. The fourth-order valence-electron chi connectivity index (χ4n) is 3.09. The van der Waals surface area contributed by atoms with E-state index in [0.29, 0.717) is 27.5 Å². The first-order valence-corrected chi connectivity index (χ1v) is 9.54. The van der Waals surface area contributed by atoms with Crippen molar-refractivity contribution in [2.45, 2.75) is 26.3 Å². The zero-order chi connectivity index (χ0) is 21.8. The van der Waals surface area contributed by atoms with Crippen LogP contribution >= 0.6 is 11.6 Å². The molecule has 0 spiro atoms. The lowest BCUT2D eigenvalue weighted by molar-refractivity contribution is -0.308. The molecule has 0 saturated carbocycles. The largest absolute Gasteiger partial charge is 0.548 e. The van der Waals surface area contributed by atoms with Crippen LogP contribution in [0.15, 0.2) is 51.7 Å². The average molecular weight is 429 g/mol. The SMILES string of the molecule is Cc1cc(=O)oc2c(C)c(OCC(=O)N[C@H](Cc3ccc(Cl)cc3)C(=O)[O-])ccc12. The maximum absolute atomic E-state index is 12.2. The predicted octanol–water partition coefficient (Wildman–Crippen LogP) is 1.92. The van der Waals surface area contributed by atoms with E-state index in [0.717, 1.165) is 10.9 Å². The highest BCUT2D eigenvalue weighted by molar-refractivity contribution is 6.30. The number of fused-ring (bicyclic) bond motifs is 1. The highest BCUT2D eigenvalue weighted by Crippen LogP contribution is 2.28. The Morgan fingerprint density at radius 2 is 1.87 bits per heavy atom. The van der Waals surface area contributed by atoms with Gasteiger partial charge in [0.25, 0.3) is 5.91 Å². The second-order valence-electron chi connectivity index (χ2n) is 6.87. The number of aliphatic carboxylic acids is 1. The first-order chi connectivity index (χ1) is 14.2. The minimum absolute atomic E-state index is 0.0463. The van der Waals surface area contributed by atoms with Gasteiger partial charge in [-0.2, -0.15) is 0 Å². The minimum atomic E-state index is -1.41. The van der Waals surface area contributed by atoms with Gasteiger partial charge in [0, 0.05) is 22.0 Å². The van der Waals surface area contributed by atoms with E-state index in [1.807, 2.05) is 0 Å².